The number of unbranched alkanes of at least 4 members (excludes halogenated alkanes) is 1. The lowest BCUT2D eigenvalue weighted by molar-refractivity contribution is -0.139. The molecule has 4 aliphatic rings. The topological polar surface area (TPSA) is 287 Å². The summed E-state index contributed by atoms with van der Waals surface area (Å²) in [6.07, 6.45) is -0.869. The predicted molar refractivity (Wildman–Crippen MR) is 566 cm³/mol. The summed E-state index contributed by atoms with van der Waals surface area (Å²) in [5.41, 5.74) is 19.5. The third-order valence-electron chi connectivity index (χ3n) is 26.2. The van der Waals surface area contributed by atoms with Crippen LogP contribution in [0.1, 0.15) is 156 Å². The Morgan fingerprint density at radius 1 is 0.507 bits per heavy atom. The van der Waals surface area contributed by atoms with Crippen molar-refractivity contribution in [2.75, 3.05) is 66.4 Å². The molecule has 1 fully saturated rings. The smallest absolute Gasteiger partial charge is 0.419 e. The highest BCUT2D eigenvalue weighted by molar-refractivity contribution is 6.32. The molecule has 0 spiro atoms. The Balaban J connectivity index is 0.000000159. The Hall–Kier alpha value is -15.0. The van der Waals surface area contributed by atoms with Crippen molar-refractivity contribution in [3.05, 3.63) is 349 Å². The zero-order valence-electron chi connectivity index (χ0n) is 85.4. The summed E-state index contributed by atoms with van der Waals surface area (Å²) in [6, 6.07) is 74.4. The van der Waals surface area contributed by atoms with Crippen molar-refractivity contribution >= 4 is 29.1 Å². The van der Waals surface area contributed by atoms with Gasteiger partial charge >= 0.3 is 6.18 Å². The van der Waals surface area contributed by atoms with Crippen molar-refractivity contribution in [2.24, 2.45) is 0 Å². The van der Waals surface area contributed by atoms with Crippen LogP contribution in [0.4, 0.5) is 22.0 Å². The van der Waals surface area contributed by atoms with Gasteiger partial charge in [-0.3, -0.25) is 14.5 Å². The molecule has 5 N–H and O–H groups in total. The number of nitrogens with one attached hydrogen (secondary N) is 2. The van der Waals surface area contributed by atoms with E-state index in [9.17, 15) is 56.9 Å². The van der Waals surface area contributed by atoms with Crippen molar-refractivity contribution in [1.29, 1.82) is 5.26 Å². The van der Waals surface area contributed by atoms with Gasteiger partial charge in [-0.15, -0.1) is 0 Å². The first-order valence-corrected chi connectivity index (χ1v) is 50.5. The number of alkyl halides is 3. The number of β-amino-alcohol motifs (C(OH)–C–C–N with tert-alkyl or cyclic N) is 1. The number of Topliss-reactive ketones (excluding diaryl/α,β-unsaturated/α-hetero) is 2. The first kappa shape index (κ1) is 111. The molecule has 150 heavy (non-hydrogen) atoms. The van der Waals surface area contributed by atoms with Crippen LogP contribution in [0.5, 0.6) is 69.3 Å². The third kappa shape index (κ3) is 30.9. The largest absolute Gasteiger partial charge is 0.511 e. The maximum absolute atomic E-state index is 14.7. The molecule has 29 heteroatoms. The number of carbonyl (C=O) groups excluding carboxylic acids is 3. The Bertz CT molecular complexity index is 6920. The summed E-state index contributed by atoms with van der Waals surface area (Å²) in [6.45, 7) is 23.1. The SMILES string of the molecule is C=C(O)[C@H]1C[C@@H](O)CN1Cc1cc(Cl)c(OCc2cccc(-c3ccc4c(c3)OCCO4)c2C)cc1OCc1cccc(C#N)c1.CC(=O)C[C@H](O)CCCc1cc(F)c(OCc2cccc(-c3ccc4c(c3)OCCO4)c2C)cc1F.CC(=O)NCCCCc1ccc(C(F)(F)F)c(OCc2cccc(-c3ccc4c(c3)OCCO4)c2C)c1.COc1nc(OCc2cccc(-c3ccccc3)c2C)ccc1CNCCCC(C)=O. The molecule has 0 radical (unpaired) electrons. The van der Waals surface area contributed by atoms with E-state index in [1.54, 1.807) is 38.3 Å². The minimum Gasteiger partial charge on any atom is -0.511 e. The lowest BCUT2D eigenvalue weighted by atomic mass is 9.96. The van der Waals surface area contributed by atoms with Crippen LogP contribution in [0.3, 0.4) is 0 Å². The van der Waals surface area contributed by atoms with Crippen LogP contribution in [0.15, 0.2) is 249 Å². The number of carbonyl (C=O) groups is 3. The predicted octanol–water partition coefficient (Wildman–Crippen LogP) is 24.7. The number of benzene rings is 12. The molecule has 0 saturated carbocycles. The quantitative estimate of drug-likeness (QED) is 0.0135. The molecule has 12 aromatic carbocycles. The fourth-order valence-electron chi connectivity index (χ4n) is 18.1. The number of hydrogen-bond acceptors (Lipinski definition) is 22. The molecule has 1 saturated heterocycles. The van der Waals surface area contributed by atoms with Crippen molar-refractivity contribution in [3.63, 3.8) is 0 Å². The van der Waals surface area contributed by atoms with Gasteiger partial charge in [0.25, 0.3) is 0 Å². The van der Waals surface area contributed by atoms with Crippen molar-refractivity contribution in [2.45, 2.75) is 183 Å². The fourth-order valence-corrected chi connectivity index (χ4v) is 18.3. The van der Waals surface area contributed by atoms with E-state index >= 15 is 0 Å². The number of hydrogen-bond donors (Lipinski definition) is 5. The summed E-state index contributed by atoms with van der Waals surface area (Å²) in [5.74, 6) is 4.83. The van der Waals surface area contributed by atoms with Gasteiger partial charge in [-0.1, -0.05) is 158 Å². The molecular formula is C121H125ClF5N5O18. The van der Waals surface area contributed by atoms with E-state index in [2.05, 4.69) is 78.5 Å². The Morgan fingerprint density at radius 3 is 1.56 bits per heavy atom. The van der Waals surface area contributed by atoms with E-state index in [0.717, 1.165) is 156 Å². The Kier molecular flexibility index (Phi) is 39.7. The summed E-state index contributed by atoms with van der Waals surface area (Å²) >= 11 is 6.79. The number of likely N-dealkylation sites (tertiary alicyclic amines) is 1. The number of ether oxygens (including phenoxy) is 12. The molecule has 13 aromatic rings. The van der Waals surface area contributed by atoms with E-state index in [1.165, 1.54) is 42.7 Å². The van der Waals surface area contributed by atoms with Gasteiger partial charge in [-0.05, 0) is 284 Å². The second-order valence-corrected chi connectivity index (χ2v) is 37.6. The molecule has 23 nitrogen and oxygen atoms in total. The molecule has 4 aliphatic heterocycles. The van der Waals surface area contributed by atoms with Gasteiger partial charge in [0, 0.05) is 75.3 Å². The number of pyridine rings is 1. The first-order chi connectivity index (χ1) is 72.4. The number of aliphatic hydroxyl groups excluding tert-OH is 3. The van der Waals surface area contributed by atoms with Gasteiger partial charge in [-0.2, -0.15) is 23.4 Å². The van der Waals surface area contributed by atoms with E-state index in [4.69, 9.17) is 68.4 Å². The molecule has 5 heterocycles. The molecule has 784 valence electrons. The van der Waals surface area contributed by atoms with Gasteiger partial charge in [0.2, 0.25) is 17.7 Å². The Labute approximate surface area is 876 Å². The number of aryl methyl sites for hydroxylation is 2. The van der Waals surface area contributed by atoms with Crippen LogP contribution in [-0.4, -0.2) is 127 Å². The highest BCUT2D eigenvalue weighted by atomic mass is 35.5. The van der Waals surface area contributed by atoms with E-state index in [-0.39, 0.29) is 85.6 Å². The maximum atomic E-state index is 14.7. The van der Waals surface area contributed by atoms with Crippen LogP contribution >= 0.6 is 11.6 Å². The van der Waals surface area contributed by atoms with Gasteiger partial charge in [-0.25, -0.2) is 8.78 Å². The number of aliphatic hydroxyl groups is 3. The van der Waals surface area contributed by atoms with Crippen LogP contribution in [0.2, 0.25) is 5.02 Å². The fraction of sp³-hybridized carbons (Fsp3) is 0.314. The molecule has 0 aliphatic carbocycles. The van der Waals surface area contributed by atoms with Crippen LogP contribution < -0.4 is 67.5 Å². The highest BCUT2D eigenvalue weighted by Crippen LogP contribution is 2.45. The molecule has 17 rings (SSSR count). The van der Waals surface area contributed by atoms with Crippen molar-refractivity contribution in [3.8, 4) is 120 Å². The van der Waals surface area contributed by atoms with E-state index < -0.39 is 35.6 Å². The zero-order valence-corrected chi connectivity index (χ0v) is 86.2. The molecule has 0 bridgehead atoms. The summed E-state index contributed by atoms with van der Waals surface area (Å²) in [7, 11) is 1.61. The zero-order chi connectivity index (χ0) is 106. The van der Waals surface area contributed by atoms with E-state index in [1.807, 2.05) is 164 Å². The van der Waals surface area contributed by atoms with Gasteiger partial charge in [0.1, 0.15) is 113 Å². The van der Waals surface area contributed by atoms with Gasteiger partial charge in [0.05, 0.1) is 47.6 Å². The van der Waals surface area contributed by atoms with Gasteiger partial charge in [0.15, 0.2) is 46.1 Å². The van der Waals surface area contributed by atoms with Gasteiger partial charge < -0.3 is 87.6 Å². The number of aromatic nitrogens is 1. The number of methoxy groups -OCH3 is 1. The van der Waals surface area contributed by atoms with E-state index in [0.29, 0.717) is 156 Å². The van der Waals surface area contributed by atoms with Crippen LogP contribution in [-0.2, 0) is 79.5 Å². The second kappa shape index (κ2) is 53.8. The first-order valence-electron chi connectivity index (χ1n) is 50.1. The number of amides is 1. The number of fused-ring (bicyclic) bond motifs is 3. The number of rotatable bonds is 40. The molecular weight excluding hydrogens is 1940 g/mol. The van der Waals surface area contributed by atoms with Crippen molar-refractivity contribution < 1.29 is 108 Å². The number of nitrogens with zero attached hydrogens (tertiary/aromatic N) is 3. The number of nitriles is 1. The minimum atomic E-state index is -4.53. The normalized spacial score (nSPS) is 13.9. The Morgan fingerprint density at radius 2 is 1.03 bits per heavy atom. The molecule has 1 amide bonds. The summed E-state index contributed by atoms with van der Waals surface area (Å²) in [5, 5.41) is 46.0. The lowest BCUT2D eigenvalue weighted by Crippen LogP contribution is -2.30. The average Bonchev–Trinajstić information content (AvgIpc) is 1.15. The lowest BCUT2D eigenvalue weighted by Gasteiger charge is -2.25. The highest BCUT2D eigenvalue weighted by Gasteiger charge is 2.36. The average molecular weight is 2070 g/mol. The van der Waals surface area contributed by atoms with Crippen LogP contribution in [0.25, 0.3) is 44.5 Å². The summed E-state index contributed by atoms with van der Waals surface area (Å²) < 4.78 is 140. The molecule has 1 aromatic heterocycles. The van der Waals surface area contributed by atoms with Crippen LogP contribution in [0, 0.1) is 50.7 Å². The third-order valence-corrected chi connectivity index (χ3v) is 26.5. The maximum Gasteiger partial charge on any atom is 0.419 e. The standard InChI is InChI=1S/C37H35ClN2O6.C29H30F3NO4.C29H30F2O5.C26H30N2O3/c1-23-28(7-4-8-31(23)27-9-10-34-37(15-27)44-12-11-43-34)22-46-36-17-35(45-21-26-6-3-5-25(13-26)18-39)29(14-32(36)38)19-40-20-30(42)16-33(40)24(2)41;1-19-23(7-5-8-24(19)22-10-12-26-28(17-22)36-15-14-35-26)18-37-27-16-21(6-3-4-13-33-20(2)34)9-11-25(27)29(30,31)32;1-18(32)13-23(33)7-3-5-21-14-26(31)28(16-25(21)30)36-17-22-6-4-8-24(19(22)2)20-9-10-27-29(15-20)35-12-11-34-27;1-19(29)9-8-16-27-17-22-14-15-25(28-26(22)30-3)31-18-23-12-7-13-24(20(23)2)21-10-5-4-6-11-21/h3-10,13-15,17,30,33,41-42H,2,11-12,16,19-22H2,1H3;5,7-12,16-17H,3-4,6,13-15,18H2,1-2H3,(H,33,34);4,6,8-10,14-16,23,33H,3,5,7,11-13,17H2,1-2H3;4-7,10-15,27H,8-9,16-18H2,1-3H3/t30-,33-;;23-;/m1.1./s1. The number of ketones is 2. The molecule has 0 unspecified atom stereocenters. The minimum absolute atomic E-state index is 0.000704. The number of halogens is 6. The molecule has 3 atom stereocenters. The van der Waals surface area contributed by atoms with Crippen molar-refractivity contribution in [1.82, 2.24) is 20.5 Å². The summed E-state index contributed by atoms with van der Waals surface area (Å²) in [4.78, 5) is 39.5. The second-order valence-electron chi connectivity index (χ2n) is 37.2. The monoisotopic (exact) mass is 2070 g/mol.